The van der Waals surface area contributed by atoms with Gasteiger partial charge in [-0.2, -0.15) is 0 Å². The fourth-order valence-corrected chi connectivity index (χ4v) is 3.40. The molecule has 0 amide bonds. The number of rotatable bonds is 4. The summed E-state index contributed by atoms with van der Waals surface area (Å²) in [6, 6.07) is 9.99. The Morgan fingerprint density at radius 1 is 1.11 bits per heavy atom. The molecule has 1 fully saturated rings. The van der Waals surface area contributed by atoms with Crippen LogP contribution in [-0.4, -0.2) is 19.5 Å². The van der Waals surface area contributed by atoms with E-state index in [0.717, 1.165) is 31.2 Å². The average molecular weight is 262 g/mol. The zero-order chi connectivity index (χ0) is 13.3. The molecule has 2 bridgehead atoms. The van der Waals surface area contributed by atoms with Gasteiger partial charge in [0.05, 0.1) is 5.60 Å². The second-order valence-electron chi connectivity index (χ2n) is 5.56. The van der Waals surface area contributed by atoms with Crippen LogP contribution in [0.3, 0.4) is 0 Å². The highest BCUT2D eigenvalue weighted by atomic mass is 19.1. The lowest BCUT2D eigenvalue weighted by Gasteiger charge is -2.49. The molecular formula is C16H19FO2. The molecule has 102 valence electrons. The Morgan fingerprint density at radius 3 is 2.37 bits per heavy atom. The van der Waals surface area contributed by atoms with Crippen molar-refractivity contribution in [1.82, 2.24) is 0 Å². The minimum absolute atomic E-state index is 0.0349. The van der Waals surface area contributed by atoms with Crippen LogP contribution >= 0.6 is 0 Å². The zero-order valence-electron chi connectivity index (χ0n) is 11.2. The monoisotopic (exact) mass is 262 g/mol. The molecule has 0 saturated heterocycles. The quantitative estimate of drug-likeness (QED) is 0.770. The summed E-state index contributed by atoms with van der Waals surface area (Å²) in [5.74, 6) is -0.0349. The molecule has 3 heteroatoms. The maximum absolute atomic E-state index is 14.6. The van der Waals surface area contributed by atoms with Crippen LogP contribution in [0.25, 0.3) is 0 Å². The zero-order valence-corrected chi connectivity index (χ0v) is 11.2. The van der Waals surface area contributed by atoms with Crippen molar-refractivity contribution in [2.45, 2.75) is 36.7 Å². The molecule has 3 aliphatic carbocycles. The summed E-state index contributed by atoms with van der Waals surface area (Å²) < 4.78 is 25.3. The Hall–Kier alpha value is -1.19. The minimum Gasteiger partial charge on any atom is -0.359 e. The molecule has 3 aliphatic rings. The number of methoxy groups -OCH3 is 1. The smallest absolute Gasteiger partial charge is 0.147 e. The van der Waals surface area contributed by atoms with Crippen LogP contribution < -0.4 is 0 Å². The average Bonchev–Trinajstić information content (AvgIpc) is 2.47. The van der Waals surface area contributed by atoms with E-state index in [2.05, 4.69) is 0 Å². The number of ether oxygens (including phenoxy) is 2. The van der Waals surface area contributed by atoms with Crippen LogP contribution in [0, 0.1) is 0 Å². The number of hydrogen-bond donors (Lipinski definition) is 0. The fraction of sp³-hybridized carbons (Fsp3) is 0.500. The van der Waals surface area contributed by atoms with Gasteiger partial charge in [0, 0.05) is 12.5 Å². The molecule has 0 atom stereocenters. The van der Waals surface area contributed by atoms with Crippen molar-refractivity contribution in [2.24, 2.45) is 0 Å². The Balaban J connectivity index is 1.93. The lowest BCUT2D eigenvalue weighted by molar-refractivity contribution is -0.134. The van der Waals surface area contributed by atoms with E-state index in [4.69, 9.17) is 9.47 Å². The lowest BCUT2D eigenvalue weighted by atomic mass is 9.59. The standard InChI is InChI=1S/C16H19FO2/c1-18-12-19-15-7-9-16(10-8-15,14(17)11-15)13-5-3-2-4-6-13/h2-6,11H,7-10,12H2,1H3. The second-order valence-corrected chi connectivity index (χ2v) is 5.56. The van der Waals surface area contributed by atoms with Gasteiger partial charge in [-0.05, 0) is 37.3 Å². The number of benzene rings is 1. The Morgan fingerprint density at radius 2 is 1.79 bits per heavy atom. The minimum atomic E-state index is -0.448. The molecule has 0 unspecified atom stereocenters. The summed E-state index contributed by atoms with van der Waals surface area (Å²) in [6.07, 6.45) is 5.02. The summed E-state index contributed by atoms with van der Waals surface area (Å²) in [5, 5.41) is 0. The van der Waals surface area contributed by atoms with Gasteiger partial charge >= 0.3 is 0 Å². The first-order valence-corrected chi connectivity index (χ1v) is 6.78. The Bertz CT molecular complexity index is 473. The first-order chi connectivity index (χ1) is 9.21. The van der Waals surface area contributed by atoms with E-state index in [0.29, 0.717) is 0 Å². The second kappa shape index (κ2) is 4.73. The number of hydrogen-bond acceptors (Lipinski definition) is 2. The number of allylic oxidation sites excluding steroid dienone is 1. The molecule has 0 radical (unpaired) electrons. The van der Waals surface area contributed by atoms with E-state index in [1.54, 1.807) is 13.2 Å². The predicted octanol–water partition coefficient (Wildman–Crippen LogP) is 3.72. The predicted molar refractivity (Wildman–Crippen MR) is 71.5 cm³/mol. The molecule has 0 N–H and O–H groups in total. The summed E-state index contributed by atoms with van der Waals surface area (Å²) in [6.45, 7) is 0.224. The molecule has 0 heterocycles. The van der Waals surface area contributed by atoms with E-state index >= 15 is 0 Å². The van der Waals surface area contributed by atoms with Crippen molar-refractivity contribution in [3.8, 4) is 0 Å². The van der Waals surface area contributed by atoms with Crippen LogP contribution in [0.15, 0.2) is 42.2 Å². The first kappa shape index (κ1) is 12.8. The third-order valence-corrected chi connectivity index (χ3v) is 4.59. The van der Waals surface area contributed by atoms with E-state index in [-0.39, 0.29) is 12.6 Å². The SMILES string of the molecule is COCOC12C=C(F)C(c3ccccc3)(CC1)CC2. The third-order valence-electron chi connectivity index (χ3n) is 4.59. The van der Waals surface area contributed by atoms with Gasteiger partial charge in [0.1, 0.15) is 12.6 Å². The summed E-state index contributed by atoms with van der Waals surface area (Å²) >= 11 is 0. The highest BCUT2D eigenvalue weighted by Gasteiger charge is 2.51. The molecule has 1 saturated carbocycles. The van der Waals surface area contributed by atoms with Crippen molar-refractivity contribution < 1.29 is 13.9 Å². The van der Waals surface area contributed by atoms with Gasteiger partial charge in [0.2, 0.25) is 0 Å². The molecule has 0 aliphatic heterocycles. The van der Waals surface area contributed by atoms with Gasteiger partial charge in [-0.25, -0.2) is 4.39 Å². The van der Waals surface area contributed by atoms with Crippen LogP contribution in [0.1, 0.15) is 31.2 Å². The van der Waals surface area contributed by atoms with Crippen LogP contribution in [-0.2, 0) is 14.9 Å². The highest BCUT2D eigenvalue weighted by molar-refractivity contribution is 5.40. The van der Waals surface area contributed by atoms with E-state index in [1.165, 1.54) is 0 Å². The van der Waals surface area contributed by atoms with Gasteiger partial charge in [-0.1, -0.05) is 30.3 Å². The van der Waals surface area contributed by atoms with E-state index in [1.807, 2.05) is 30.3 Å². The van der Waals surface area contributed by atoms with Gasteiger partial charge in [0.25, 0.3) is 0 Å². The van der Waals surface area contributed by atoms with Crippen molar-refractivity contribution in [3.05, 3.63) is 47.8 Å². The maximum atomic E-state index is 14.6. The van der Waals surface area contributed by atoms with Gasteiger partial charge < -0.3 is 9.47 Å². The van der Waals surface area contributed by atoms with E-state index < -0.39 is 11.0 Å². The fourth-order valence-electron chi connectivity index (χ4n) is 3.40. The van der Waals surface area contributed by atoms with Crippen molar-refractivity contribution in [2.75, 3.05) is 13.9 Å². The van der Waals surface area contributed by atoms with Crippen molar-refractivity contribution >= 4 is 0 Å². The van der Waals surface area contributed by atoms with Gasteiger partial charge in [0.15, 0.2) is 0 Å². The molecule has 19 heavy (non-hydrogen) atoms. The molecule has 1 aromatic carbocycles. The topological polar surface area (TPSA) is 18.5 Å². The molecular weight excluding hydrogens is 243 g/mol. The highest BCUT2D eigenvalue weighted by Crippen LogP contribution is 2.54. The van der Waals surface area contributed by atoms with Crippen molar-refractivity contribution in [3.63, 3.8) is 0 Å². The molecule has 1 aromatic rings. The van der Waals surface area contributed by atoms with Crippen LogP contribution in [0.4, 0.5) is 4.39 Å². The Labute approximate surface area is 113 Å². The third kappa shape index (κ3) is 2.01. The molecule has 0 aromatic heterocycles. The molecule has 0 spiro atoms. The van der Waals surface area contributed by atoms with Gasteiger partial charge in [-0.3, -0.25) is 0 Å². The van der Waals surface area contributed by atoms with Crippen LogP contribution in [0.5, 0.6) is 0 Å². The largest absolute Gasteiger partial charge is 0.359 e. The molecule has 2 nitrogen and oxygen atoms in total. The van der Waals surface area contributed by atoms with E-state index in [9.17, 15) is 4.39 Å². The number of halogens is 1. The summed E-state index contributed by atoms with van der Waals surface area (Å²) in [4.78, 5) is 0. The maximum Gasteiger partial charge on any atom is 0.147 e. The summed E-state index contributed by atoms with van der Waals surface area (Å²) in [5.41, 5.74) is 0.222. The molecule has 4 rings (SSSR count). The first-order valence-electron chi connectivity index (χ1n) is 6.78. The lowest BCUT2D eigenvalue weighted by Crippen LogP contribution is -2.48. The van der Waals surface area contributed by atoms with Crippen LogP contribution in [0.2, 0.25) is 0 Å². The number of fused-ring (bicyclic) bond motifs is 2. The summed E-state index contributed by atoms with van der Waals surface area (Å²) in [7, 11) is 1.59. The Kier molecular flexibility index (Phi) is 3.19. The van der Waals surface area contributed by atoms with Gasteiger partial charge in [-0.15, -0.1) is 0 Å². The normalized spacial score (nSPS) is 33.3. The van der Waals surface area contributed by atoms with Crippen molar-refractivity contribution in [1.29, 1.82) is 0 Å².